The summed E-state index contributed by atoms with van der Waals surface area (Å²) >= 11 is 1.53. The molecule has 2 aliphatic rings. The first-order valence-electron chi connectivity index (χ1n) is 8.22. The van der Waals surface area contributed by atoms with Gasteiger partial charge in [-0.25, -0.2) is 9.78 Å². The Morgan fingerprint density at radius 1 is 1.52 bits per heavy atom. The number of ether oxygens (including phenoxy) is 2. The first-order chi connectivity index (χ1) is 11.9. The lowest BCUT2D eigenvalue weighted by molar-refractivity contribution is -0.0624. The summed E-state index contributed by atoms with van der Waals surface area (Å²) in [6.07, 6.45) is 2.74. The predicted molar refractivity (Wildman–Crippen MR) is 94.5 cm³/mol. The second kappa shape index (κ2) is 6.09. The number of aryl methyl sites for hydroxylation is 1. The van der Waals surface area contributed by atoms with Crippen LogP contribution in [0.4, 0.5) is 0 Å². The van der Waals surface area contributed by atoms with Gasteiger partial charge in [0.25, 0.3) is 0 Å². The van der Waals surface area contributed by atoms with Gasteiger partial charge in [0.15, 0.2) is 0 Å². The number of carboxylic acids is 1. The summed E-state index contributed by atoms with van der Waals surface area (Å²) in [7, 11) is 2.10. The second-order valence-electron chi connectivity index (χ2n) is 6.88. The van der Waals surface area contributed by atoms with Crippen LogP contribution in [0.15, 0.2) is 24.4 Å². The van der Waals surface area contributed by atoms with E-state index in [1.165, 1.54) is 11.3 Å². The molecule has 2 atom stereocenters. The average molecular weight is 360 g/mol. The zero-order valence-electron chi connectivity index (χ0n) is 14.2. The molecule has 7 heteroatoms. The Hall–Kier alpha value is -1.96. The molecule has 1 N–H and O–H groups in total. The zero-order valence-corrected chi connectivity index (χ0v) is 15.0. The number of likely N-dealkylation sites (N-methyl/N-ethyl adjacent to an activating group) is 1. The van der Waals surface area contributed by atoms with Crippen LogP contribution >= 0.6 is 11.3 Å². The number of carbonyl (C=O) groups is 1. The molecule has 6 nitrogen and oxygen atoms in total. The van der Waals surface area contributed by atoms with Crippen LogP contribution in [0, 0.1) is 6.92 Å². The molecule has 25 heavy (non-hydrogen) atoms. The number of aromatic nitrogens is 1. The van der Waals surface area contributed by atoms with Crippen molar-refractivity contribution in [3.05, 3.63) is 34.8 Å². The van der Waals surface area contributed by atoms with E-state index in [2.05, 4.69) is 16.9 Å². The second-order valence-corrected chi connectivity index (χ2v) is 8.12. The minimum absolute atomic E-state index is 0.201. The predicted octanol–water partition coefficient (Wildman–Crippen LogP) is 2.67. The number of fused-ring (bicyclic) bond motifs is 2. The number of carboxylic acid groups (broad SMARTS) is 1. The molecule has 0 aliphatic carbocycles. The molecular formula is C18H20N2O4S. The van der Waals surface area contributed by atoms with E-state index in [1.54, 1.807) is 18.3 Å². The fraction of sp³-hybridized carbons (Fsp3) is 0.444. The summed E-state index contributed by atoms with van der Waals surface area (Å²) in [4.78, 5) is 19.2. The van der Waals surface area contributed by atoms with Crippen LogP contribution < -0.4 is 4.74 Å². The van der Waals surface area contributed by atoms with Crippen LogP contribution in [0.25, 0.3) is 10.6 Å². The van der Waals surface area contributed by atoms with Crippen molar-refractivity contribution >= 4 is 17.3 Å². The van der Waals surface area contributed by atoms with E-state index in [9.17, 15) is 9.90 Å². The molecule has 2 aliphatic heterocycles. The molecule has 2 bridgehead atoms. The third-order valence-corrected chi connectivity index (χ3v) is 5.84. The maximum atomic E-state index is 11.5. The van der Waals surface area contributed by atoms with E-state index in [4.69, 9.17) is 9.47 Å². The Kier molecular flexibility index (Phi) is 4.02. The van der Waals surface area contributed by atoms with Crippen LogP contribution in [-0.2, 0) is 4.74 Å². The molecule has 0 spiro atoms. The molecule has 2 saturated heterocycles. The number of rotatable bonds is 5. The lowest BCUT2D eigenvalue weighted by atomic mass is 10.0. The van der Waals surface area contributed by atoms with Crippen molar-refractivity contribution in [3.63, 3.8) is 0 Å². The Morgan fingerprint density at radius 3 is 2.96 bits per heavy atom. The van der Waals surface area contributed by atoms with Gasteiger partial charge in [-0.2, -0.15) is 0 Å². The number of hydrogen-bond donors (Lipinski definition) is 1. The standard InChI is InChI=1S/C18H20N2O4S/c1-11-7-19-16(25-11)12-3-13(17(21)22)5-15(4-12)23-10-18-6-14(8-24-18)20(2)9-18/h3-5,7,14H,6,8-10H2,1-2H3,(H,21,22). The van der Waals surface area contributed by atoms with Gasteiger partial charge < -0.3 is 14.6 Å². The third kappa shape index (κ3) is 3.15. The van der Waals surface area contributed by atoms with Gasteiger partial charge in [-0.05, 0) is 38.6 Å². The van der Waals surface area contributed by atoms with Crippen LogP contribution in [-0.4, -0.2) is 59.4 Å². The maximum Gasteiger partial charge on any atom is 0.335 e. The highest BCUT2D eigenvalue weighted by Crippen LogP contribution is 2.37. The molecule has 0 amide bonds. The molecule has 2 aromatic rings. The normalized spacial score (nSPS) is 25.4. The summed E-state index contributed by atoms with van der Waals surface area (Å²) in [5, 5.41) is 10.2. The van der Waals surface area contributed by atoms with E-state index in [1.807, 2.05) is 13.0 Å². The maximum absolute atomic E-state index is 11.5. The van der Waals surface area contributed by atoms with E-state index >= 15 is 0 Å². The van der Waals surface area contributed by atoms with Crippen LogP contribution in [0.3, 0.4) is 0 Å². The lowest BCUT2D eigenvalue weighted by Crippen LogP contribution is -2.44. The van der Waals surface area contributed by atoms with E-state index in [0.717, 1.165) is 35.0 Å². The van der Waals surface area contributed by atoms with Crippen molar-refractivity contribution in [1.29, 1.82) is 0 Å². The number of aromatic carboxylic acids is 1. The topological polar surface area (TPSA) is 71.9 Å². The van der Waals surface area contributed by atoms with E-state index in [-0.39, 0.29) is 11.2 Å². The van der Waals surface area contributed by atoms with Gasteiger partial charge >= 0.3 is 5.97 Å². The van der Waals surface area contributed by atoms with Gasteiger partial charge in [0.2, 0.25) is 0 Å². The van der Waals surface area contributed by atoms with E-state index < -0.39 is 5.97 Å². The molecule has 1 aromatic heterocycles. The first-order valence-corrected chi connectivity index (χ1v) is 9.04. The van der Waals surface area contributed by atoms with Gasteiger partial charge in [0.05, 0.1) is 12.2 Å². The summed E-state index contributed by atoms with van der Waals surface area (Å²) in [6.45, 7) is 3.98. The highest BCUT2D eigenvalue weighted by atomic mass is 32.1. The number of morpholine rings is 1. The fourth-order valence-electron chi connectivity index (χ4n) is 3.58. The van der Waals surface area contributed by atoms with Crippen molar-refractivity contribution in [2.24, 2.45) is 0 Å². The molecular weight excluding hydrogens is 340 g/mol. The van der Waals surface area contributed by atoms with Gasteiger partial charge in [-0.1, -0.05) is 0 Å². The van der Waals surface area contributed by atoms with Gasteiger partial charge in [-0.3, -0.25) is 4.90 Å². The lowest BCUT2D eigenvalue weighted by Gasteiger charge is -2.30. The summed E-state index contributed by atoms with van der Waals surface area (Å²) < 4.78 is 11.9. The summed E-state index contributed by atoms with van der Waals surface area (Å²) in [5.74, 6) is -0.436. The minimum Gasteiger partial charge on any atom is -0.490 e. The number of benzene rings is 1. The van der Waals surface area contributed by atoms with Crippen molar-refractivity contribution in [3.8, 4) is 16.3 Å². The number of hydrogen-bond acceptors (Lipinski definition) is 6. The quantitative estimate of drug-likeness (QED) is 0.884. The summed E-state index contributed by atoms with van der Waals surface area (Å²) in [5.41, 5.74) is 0.683. The molecule has 2 fully saturated rings. The molecule has 0 radical (unpaired) electrons. The van der Waals surface area contributed by atoms with Crippen LogP contribution in [0.5, 0.6) is 5.75 Å². The van der Waals surface area contributed by atoms with Crippen LogP contribution in [0.1, 0.15) is 21.7 Å². The first kappa shape index (κ1) is 16.5. The Balaban J connectivity index is 1.58. The fourth-order valence-corrected chi connectivity index (χ4v) is 4.33. The van der Waals surface area contributed by atoms with Gasteiger partial charge in [-0.15, -0.1) is 11.3 Å². The number of nitrogens with zero attached hydrogens (tertiary/aromatic N) is 2. The van der Waals surface area contributed by atoms with Crippen molar-refractivity contribution < 1.29 is 19.4 Å². The molecule has 132 valence electrons. The summed E-state index contributed by atoms with van der Waals surface area (Å²) in [6, 6.07) is 5.51. The minimum atomic E-state index is -0.976. The molecule has 1 aromatic carbocycles. The Bertz CT molecular complexity index is 817. The number of thiazole rings is 1. The van der Waals surface area contributed by atoms with Crippen molar-refractivity contribution in [1.82, 2.24) is 9.88 Å². The van der Waals surface area contributed by atoms with Crippen molar-refractivity contribution in [2.45, 2.75) is 25.0 Å². The largest absolute Gasteiger partial charge is 0.490 e. The molecule has 2 unspecified atom stereocenters. The molecule has 4 rings (SSSR count). The molecule has 0 saturated carbocycles. The number of likely N-dealkylation sites (tertiary alicyclic amines) is 1. The van der Waals surface area contributed by atoms with Gasteiger partial charge in [0, 0.05) is 29.2 Å². The third-order valence-electron chi connectivity index (χ3n) is 4.87. The van der Waals surface area contributed by atoms with Crippen LogP contribution in [0.2, 0.25) is 0 Å². The average Bonchev–Trinajstić information content (AvgIpc) is 3.27. The van der Waals surface area contributed by atoms with Gasteiger partial charge in [0.1, 0.15) is 23.0 Å². The highest BCUT2D eigenvalue weighted by molar-refractivity contribution is 7.14. The highest BCUT2D eigenvalue weighted by Gasteiger charge is 2.50. The smallest absolute Gasteiger partial charge is 0.335 e. The Morgan fingerprint density at radius 2 is 2.36 bits per heavy atom. The monoisotopic (exact) mass is 360 g/mol. The van der Waals surface area contributed by atoms with E-state index in [0.29, 0.717) is 18.4 Å². The molecule has 3 heterocycles. The van der Waals surface area contributed by atoms with Crippen molar-refractivity contribution in [2.75, 3.05) is 26.8 Å². The Labute approximate surface area is 150 Å². The SMILES string of the molecule is Cc1cnc(-c2cc(OCC34CC(CO3)N(C)C4)cc(C(=O)O)c2)s1. The zero-order chi connectivity index (χ0) is 17.6.